The van der Waals surface area contributed by atoms with Gasteiger partial charge in [0.1, 0.15) is 11.5 Å². The number of likely N-dealkylation sites (tertiary alicyclic amines) is 2. The zero-order chi connectivity index (χ0) is 18.4. The number of furan rings is 1. The standard InChI is InChI=1S/C20H30N2O3/c1-13(2)17-11-16(15(5)25-17)18(23)21-10-8-20(12-21)7-6-9-22(14(3)4)19(20)24/h11,13-14H,6-10,12H2,1-5H3/t20-/m1/s1. The SMILES string of the molecule is Cc1oc(C(C)C)cc1C(=O)N1CC[C@]2(CCCN(C(C)C)C2=O)C1. The lowest BCUT2D eigenvalue weighted by Gasteiger charge is -2.41. The van der Waals surface area contributed by atoms with Crippen molar-refractivity contribution in [3.8, 4) is 0 Å². The van der Waals surface area contributed by atoms with Gasteiger partial charge in [-0.05, 0) is 46.1 Å². The number of rotatable bonds is 3. The van der Waals surface area contributed by atoms with Crippen LogP contribution in [0.15, 0.2) is 10.5 Å². The minimum absolute atomic E-state index is 0.000467. The average Bonchev–Trinajstić information content (AvgIpc) is 3.14. The maximum absolute atomic E-state index is 13.0. The number of carbonyl (C=O) groups excluding carboxylic acids is 2. The van der Waals surface area contributed by atoms with Gasteiger partial charge in [-0.1, -0.05) is 13.8 Å². The first-order valence-corrected chi connectivity index (χ1v) is 9.46. The number of carbonyl (C=O) groups is 2. The van der Waals surface area contributed by atoms with Gasteiger partial charge in [-0.3, -0.25) is 9.59 Å². The van der Waals surface area contributed by atoms with Crippen molar-refractivity contribution in [2.24, 2.45) is 5.41 Å². The molecule has 1 aromatic heterocycles. The lowest BCUT2D eigenvalue weighted by molar-refractivity contribution is -0.147. The molecule has 3 heterocycles. The summed E-state index contributed by atoms with van der Waals surface area (Å²) in [5, 5.41) is 0. The van der Waals surface area contributed by atoms with E-state index in [-0.39, 0.29) is 29.2 Å². The molecule has 5 nitrogen and oxygen atoms in total. The molecule has 2 aliphatic rings. The second-order valence-corrected chi connectivity index (χ2v) is 8.23. The Morgan fingerprint density at radius 1 is 1.20 bits per heavy atom. The first kappa shape index (κ1) is 18.0. The van der Waals surface area contributed by atoms with Gasteiger partial charge in [0.05, 0.1) is 11.0 Å². The third-order valence-corrected chi connectivity index (χ3v) is 5.77. The molecular weight excluding hydrogens is 316 g/mol. The maximum Gasteiger partial charge on any atom is 0.257 e. The van der Waals surface area contributed by atoms with Crippen LogP contribution < -0.4 is 0 Å². The van der Waals surface area contributed by atoms with E-state index in [0.717, 1.165) is 31.6 Å². The van der Waals surface area contributed by atoms with Crippen molar-refractivity contribution < 1.29 is 14.0 Å². The van der Waals surface area contributed by atoms with E-state index in [9.17, 15) is 9.59 Å². The third kappa shape index (κ3) is 3.09. The summed E-state index contributed by atoms with van der Waals surface area (Å²) in [5.41, 5.74) is 0.265. The predicted molar refractivity (Wildman–Crippen MR) is 96.6 cm³/mol. The molecule has 2 fully saturated rings. The van der Waals surface area contributed by atoms with Gasteiger partial charge in [0.2, 0.25) is 5.91 Å². The molecule has 0 saturated carbocycles. The molecule has 0 unspecified atom stereocenters. The highest BCUT2D eigenvalue weighted by atomic mass is 16.3. The molecule has 3 rings (SSSR count). The van der Waals surface area contributed by atoms with Crippen LogP contribution in [-0.2, 0) is 4.79 Å². The predicted octanol–water partition coefficient (Wildman–Crippen LogP) is 3.57. The van der Waals surface area contributed by atoms with Crippen LogP contribution in [0.3, 0.4) is 0 Å². The molecule has 2 amide bonds. The Labute approximate surface area is 150 Å². The summed E-state index contributed by atoms with van der Waals surface area (Å²) in [4.78, 5) is 29.9. The summed E-state index contributed by atoms with van der Waals surface area (Å²) >= 11 is 0. The summed E-state index contributed by atoms with van der Waals surface area (Å²) in [5.74, 6) is 2.00. The van der Waals surface area contributed by atoms with Crippen molar-refractivity contribution in [2.45, 2.75) is 65.8 Å². The number of hydrogen-bond acceptors (Lipinski definition) is 3. The Morgan fingerprint density at radius 3 is 2.52 bits per heavy atom. The molecule has 0 aromatic carbocycles. The summed E-state index contributed by atoms with van der Waals surface area (Å²) < 4.78 is 5.74. The number of piperidine rings is 1. The zero-order valence-electron chi connectivity index (χ0n) is 16.1. The fourth-order valence-electron chi connectivity index (χ4n) is 4.19. The van der Waals surface area contributed by atoms with Crippen LogP contribution in [0.1, 0.15) is 74.8 Å². The van der Waals surface area contributed by atoms with E-state index in [1.807, 2.05) is 22.8 Å². The topological polar surface area (TPSA) is 53.8 Å². The number of amides is 2. The fourth-order valence-corrected chi connectivity index (χ4v) is 4.19. The fraction of sp³-hybridized carbons (Fsp3) is 0.700. The summed E-state index contributed by atoms with van der Waals surface area (Å²) in [6.07, 6.45) is 2.68. The van der Waals surface area contributed by atoms with Crippen LogP contribution in [0.4, 0.5) is 0 Å². The minimum Gasteiger partial charge on any atom is -0.465 e. The molecule has 0 aliphatic carbocycles. The van der Waals surface area contributed by atoms with Crippen molar-refractivity contribution in [3.63, 3.8) is 0 Å². The number of nitrogens with zero attached hydrogens (tertiary/aromatic N) is 2. The molecular formula is C20H30N2O3. The average molecular weight is 346 g/mol. The third-order valence-electron chi connectivity index (χ3n) is 5.77. The highest BCUT2D eigenvalue weighted by molar-refractivity contribution is 5.96. The Kier molecular flexibility index (Phi) is 4.69. The van der Waals surface area contributed by atoms with Crippen LogP contribution in [0.25, 0.3) is 0 Å². The molecule has 2 saturated heterocycles. The lowest BCUT2D eigenvalue weighted by atomic mass is 9.78. The van der Waals surface area contributed by atoms with E-state index in [1.165, 1.54) is 0 Å². The Bertz CT molecular complexity index is 676. The van der Waals surface area contributed by atoms with Crippen molar-refractivity contribution in [2.75, 3.05) is 19.6 Å². The second kappa shape index (κ2) is 6.50. The molecule has 0 bridgehead atoms. The van der Waals surface area contributed by atoms with Crippen molar-refractivity contribution in [1.82, 2.24) is 9.80 Å². The van der Waals surface area contributed by atoms with Crippen molar-refractivity contribution in [3.05, 3.63) is 23.2 Å². The normalized spacial score (nSPS) is 24.2. The van der Waals surface area contributed by atoms with E-state index >= 15 is 0 Å². The van der Waals surface area contributed by atoms with Crippen LogP contribution >= 0.6 is 0 Å². The van der Waals surface area contributed by atoms with E-state index in [2.05, 4.69) is 27.7 Å². The van der Waals surface area contributed by atoms with Crippen LogP contribution in [-0.4, -0.2) is 47.3 Å². The molecule has 0 radical (unpaired) electrons. The Morgan fingerprint density at radius 2 is 1.92 bits per heavy atom. The maximum atomic E-state index is 13.0. The van der Waals surface area contributed by atoms with E-state index in [1.54, 1.807) is 0 Å². The highest BCUT2D eigenvalue weighted by Gasteiger charge is 2.50. The van der Waals surface area contributed by atoms with Gasteiger partial charge < -0.3 is 14.2 Å². The highest BCUT2D eigenvalue weighted by Crippen LogP contribution is 2.41. The first-order chi connectivity index (χ1) is 11.7. The first-order valence-electron chi connectivity index (χ1n) is 9.46. The largest absolute Gasteiger partial charge is 0.465 e. The smallest absolute Gasteiger partial charge is 0.257 e. The van der Waals surface area contributed by atoms with E-state index < -0.39 is 0 Å². The van der Waals surface area contributed by atoms with E-state index in [4.69, 9.17) is 4.42 Å². The van der Waals surface area contributed by atoms with Crippen LogP contribution in [0.2, 0.25) is 0 Å². The Hall–Kier alpha value is -1.78. The van der Waals surface area contributed by atoms with Crippen LogP contribution in [0, 0.1) is 12.3 Å². The monoisotopic (exact) mass is 346 g/mol. The molecule has 0 N–H and O–H groups in total. The summed E-state index contributed by atoms with van der Waals surface area (Å²) in [6, 6.07) is 2.09. The van der Waals surface area contributed by atoms with Crippen molar-refractivity contribution >= 4 is 11.8 Å². The molecule has 1 atom stereocenters. The lowest BCUT2D eigenvalue weighted by Crippen LogP contribution is -2.52. The molecule has 5 heteroatoms. The van der Waals surface area contributed by atoms with Gasteiger partial charge in [0.15, 0.2) is 0 Å². The molecule has 25 heavy (non-hydrogen) atoms. The summed E-state index contributed by atoms with van der Waals surface area (Å²) in [6.45, 7) is 12.1. The zero-order valence-corrected chi connectivity index (χ0v) is 16.1. The quantitative estimate of drug-likeness (QED) is 0.841. The van der Waals surface area contributed by atoms with Gasteiger partial charge in [-0.2, -0.15) is 0 Å². The molecule has 1 aromatic rings. The van der Waals surface area contributed by atoms with Gasteiger partial charge in [0, 0.05) is 31.6 Å². The van der Waals surface area contributed by atoms with E-state index in [0.29, 0.717) is 24.4 Å². The second-order valence-electron chi connectivity index (χ2n) is 8.23. The summed E-state index contributed by atoms with van der Waals surface area (Å²) in [7, 11) is 0. The van der Waals surface area contributed by atoms with Gasteiger partial charge in [-0.15, -0.1) is 0 Å². The molecule has 2 aliphatic heterocycles. The Balaban J connectivity index is 1.78. The molecule has 1 spiro atoms. The van der Waals surface area contributed by atoms with Crippen LogP contribution in [0.5, 0.6) is 0 Å². The van der Waals surface area contributed by atoms with Gasteiger partial charge in [0.25, 0.3) is 5.91 Å². The van der Waals surface area contributed by atoms with Gasteiger partial charge in [-0.25, -0.2) is 0 Å². The number of aryl methyl sites for hydroxylation is 1. The van der Waals surface area contributed by atoms with Gasteiger partial charge >= 0.3 is 0 Å². The molecule has 138 valence electrons. The minimum atomic E-state index is -0.378. The van der Waals surface area contributed by atoms with Crippen molar-refractivity contribution in [1.29, 1.82) is 0 Å². The number of hydrogen-bond donors (Lipinski definition) is 0.